The van der Waals surface area contributed by atoms with Gasteiger partial charge in [0.15, 0.2) is 0 Å². The van der Waals surface area contributed by atoms with Gasteiger partial charge in [0.1, 0.15) is 0 Å². The van der Waals surface area contributed by atoms with Crippen molar-refractivity contribution in [3.05, 3.63) is 181 Å². The first-order chi connectivity index (χ1) is 23.8. The minimum atomic E-state index is 0.988. The summed E-state index contributed by atoms with van der Waals surface area (Å²) in [7, 11) is 0. The van der Waals surface area contributed by atoms with Crippen LogP contribution in [0.4, 0.5) is 0 Å². The number of aromatic nitrogens is 2. The average Bonchev–Trinajstić information content (AvgIpc) is 3.67. The zero-order valence-corrected chi connectivity index (χ0v) is 26.5. The lowest BCUT2D eigenvalue weighted by Crippen LogP contribution is -2.05. The van der Waals surface area contributed by atoms with E-state index in [2.05, 4.69) is 179 Å². The van der Waals surface area contributed by atoms with Gasteiger partial charge in [-0.3, -0.25) is 0 Å². The summed E-state index contributed by atoms with van der Waals surface area (Å²) in [4.78, 5) is 0. The minimum Gasteiger partial charge on any atom is -0.313 e. The first-order valence-corrected chi connectivity index (χ1v) is 16.8. The van der Waals surface area contributed by atoms with Crippen LogP contribution in [0.3, 0.4) is 0 Å². The molecule has 0 radical (unpaired) electrons. The van der Waals surface area contributed by atoms with Gasteiger partial charge in [0.2, 0.25) is 0 Å². The van der Waals surface area contributed by atoms with Gasteiger partial charge in [-0.2, -0.15) is 0 Å². The van der Waals surface area contributed by atoms with Crippen molar-refractivity contribution in [2.24, 2.45) is 0 Å². The number of para-hydroxylation sites is 2. The number of rotatable bonds is 4. The Labute approximate surface area is 279 Å². The zero-order chi connectivity index (χ0) is 31.6. The summed E-state index contributed by atoms with van der Waals surface area (Å²) >= 11 is 0. The SMILES string of the molecule is C1=C(c2ccc3c(c2)c2ccccc2n3-c2ccc3ccccc3c2)CCc2c1c1ccccc1n2-c1cccc(-c2ccccc2)c1. The second kappa shape index (κ2) is 10.7. The summed E-state index contributed by atoms with van der Waals surface area (Å²) < 4.78 is 4.91. The van der Waals surface area contributed by atoms with Crippen LogP contribution in [-0.4, -0.2) is 9.13 Å². The molecule has 226 valence electrons. The van der Waals surface area contributed by atoms with Crippen LogP contribution in [0.5, 0.6) is 0 Å². The highest BCUT2D eigenvalue weighted by Gasteiger charge is 2.23. The van der Waals surface area contributed by atoms with Gasteiger partial charge < -0.3 is 9.13 Å². The molecule has 2 aromatic heterocycles. The molecular formula is C46H32N2. The van der Waals surface area contributed by atoms with Crippen molar-refractivity contribution in [1.29, 1.82) is 0 Å². The highest BCUT2D eigenvalue weighted by Crippen LogP contribution is 2.41. The Kier molecular flexibility index (Phi) is 6.04. The van der Waals surface area contributed by atoms with Crippen molar-refractivity contribution >= 4 is 55.1 Å². The van der Waals surface area contributed by atoms with E-state index in [9.17, 15) is 0 Å². The Morgan fingerprint density at radius 3 is 1.94 bits per heavy atom. The van der Waals surface area contributed by atoms with E-state index in [1.54, 1.807) is 0 Å². The molecule has 0 saturated carbocycles. The van der Waals surface area contributed by atoms with Crippen molar-refractivity contribution in [3.63, 3.8) is 0 Å². The molecule has 0 fully saturated rings. The summed E-state index contributed by atoms with van der Waals surface area (Å²) in [5.41, 5.74) is 14.1. The lowest BCUT2D eigenvalue weighted by atomic mass is 9.90. The van der Waals surface area contributed by atoms with Crippen LogP contribution in [0.2, 0.25) is 0 Å². The summed E-state index contributed by atoms with van der Waals surface area (Å²) in [5.74, 6) is 0. The van der Waals surface area contributed by atoms with E-state index in [1.165, 1.54) is 88.4 Å². The second-order valence-corrected chi connectivity index (χ2v) is 12.9. The number of fused-ring (bicyclic) bond motifs is 7. The van der Waals surface area contributed by atoms with Crippen LogP contribution in [0, 0.1) is 0 Å². The first-order valence-electron chi connectivity index (χ1n) is 16.8. The third-order valence-electron chi connectivity index (χ3n) is 10.2. The van der Waals surface area contributed by atoms with Crippen LogP contribution in [0.15, 0.2) is 164 Å². The Hall–Kier alpha value is -6.12. The van der Waals surface area contributed by atoms with E-state index < -0.39 is 0 Å². The number of benzene rings is 7. The topological polar surface area (TPSA) is 9.86 Å². The molecule has 0 spiro atoms. The smallest absolute Gasteiger partial charge is 0.0541 e. The van der Waals surface area contributed by atoms with E-state index in [0.29, 0.717) is 0 Å². The molecule has 2 heteroatoms. The zero-order valence-electron chi connectivity index (χ0n) is 26.5. The van der Waals surface area contributed by atoms with Crippen molar-refractivity contribution in [3.8, 4) is 22.5 Å². The van der Waals surface area contributed by atoms with Crippen LogP contribution < -0.4 is 0 Å². The molecule has 1 aliphatic carbocycles. The van der Waals surface area contributed by atoms with Crippen molar-refractivity contribution in [1.82, 2.24) is 9.13 Å². The van der Waals surface area contributed by atoms with Gasteiger partial charge in [-0.1, -0.05) is 115 Å². The van der Waals surface area contributed by atoms with Gasteiger partial charge in [-0.05, 0) is 100 Å². The van der Waals surface area contributed by atoms with Gasteiger partial charge in [0, 0.05) is 38.8 Å². The molecule has 48 heavy (non-hydrogen) atoms. The van der Waals surface area contributed by atoms with Crippen LogP contribution in [0.25, 0.3) is 77.6 Å². The van der Waals surface area contributed by atoms with Crippen LogP contribution >= 0.6 is 0 Å². The third kappa shape index (κ3) is 4.19. The van der Waals surface area contributed by atoms with E-state index in [0.717, 1.165) is 12.8 Å². The second-order valence-electron chi connectivity index (χ2n) is 12.9. The van der Waals surface area contributed by atoms with E-state index in [1.807, 2.05) is 0 Å². The summed E-state index contributed by atoms with van der Waals surface area (Å²) in [5, 5.41) is 6.41. The van der Waals surface area contributed by atoms with Gasteiger partial charge in [0.25, 0.3) is 0 Å². The number of hydrogen-bond acceptors (Lipinski definition) is 0. The first kappa shape index (κ1) is 27.0. The molecule has 0 bridgehead atoms. The van der Waals surface area contributed by atoms with Crippen molar-refractivity contribution in [2.45, 2.75) is 12.8 Å². The van der Waals surface area contributed by atoms with E-state index in [4.69, 9.17) is 0 Å². The molecule has 2 heterocycles. The molecule has 0 amide bonds. The quantitative estimate of drug-likeness (QED) is 0.187. The molecule has 0 aliphatic heterocycles. The Bertz CT molecular complexity index is 2720. The Balaban J connectivity index is 1.12. The lowest BCUT2D eigenvalue weighted by molar-refractivity contribution is 0.898. The molecule has 0 atom stereocenters. The molecule has 7 aromatic carbocycles. The fraction of sp³-hybridized carbons (Fsp3) is 0.0435. The maximum atomic E-state index is 2.49. The van der Waals surface area contributed by atoms with Gasteiger partial charge in [-0.25, -0.2) is 0 Å². The largest absolute Gasteiger partial charge is 0.313 e. The van der Waals surface area contributed by atoms with Crippen molar-refractivity contribution < 1.29 is 0 Å². The monoisotopic (exact) mass is 612 g/mol. The summed E-state index contributed by atoms with van der Waals surface area (Å²) in [6.45, 7) is 0. The highest BCUT2D eigenvalue weighted by molar-refractivity contribution is 6.11. The van der Waals surface area contributed by atoms with Gasteiger partial charge in [-0.15, -0.1) is 0 Å². The predicted molar refractivity (Wildman–Crippen MR) is 203 cm³/mol. The number of nitrogens with zero attached hydrogens (tertiary/aromatic N) is 2. The van der Waals surface area contributed by atoms with Crippen molar-refractivity contribution in [2.75, 3.05) is 0 Å². The minimum absolute atomic E-state index is 0.988. The normalized spacial score (nSPS) is 13.0. The molecule has 0 saturated heterocycles. The maximum Gasteiger partial charge on any atom is 0.0541 e. The lowest BCUT2D eigenvalue weighted by Gasteiger charge is -2.18. The van der Waals surface area contributed by atoms with Crippen LogP contribution in [0.1, 0.15) is 23.2 Å². The molecule has 0 unspecified atom stereocenters. The fourth-order valence-electron chi connectivity index (χ4n) is 7.97. The Morgan fingerprint density at radius 2 is 1.06 bits per heavy atom. The summed E-state index contributed by atoms with van der Waals surface area (Å²) in [6.07, 6.45) is 4.45. The molecule has 10 rings (SSSR count). The fourth-order valence-corrected chi connectivity index (χ4v) is 7.97. The molecule has 2 nitrogen and oxygen atoms in total. The maximum absolute atomic E-state index is 2.49. The number of allylic oxidation sites excluding steroid dienone is 1. The Morgan fingerprint density at radius 1 is 0.375 bits per heavy atom. The molecule has 9 aromatic rings. The molecular weight excluding hydrogens is 581 g/mol. The van der Waals surface area contributed by atoms with E-state index in [-0.39, 0.29) is 0 Å². The average molecular weight is 613 g/mol. The predicted octanol–water partition coefficient (Wildman–Crippen LogP) is 12.0. The number of hydrogen-bond donors (Lipinski definition) is 0. The van der Waals surface area contributed by atoms with Crippen LogP contribution in [-0.2, 0) is 6.42 Å². The molecule has 0 N–H and O–H groups in total. The standard InChI is InChI=1S/C46H32N2/c1-2-11-31(12-3-1)34-15-10-16-37(27-34)47-43-19-8-6-17-39(43)41-29-35(22-25-45(41)47)36-23-26-46-42(30-36)40-18-7-9-20-44(40)48(46)38-24-21-32-13-4-5-14-33(32)28-38/h1-21,23-24,26-30H,22,25H2. The van der Waals surface area contributed by atoms with E-state index >= 15 is 0 Å². The van der Waals surface area contributed by atoms with Gasteiger partial charge >= 0.3 is 0 Å². The third-order valence-corrected chi connectivity index (χ3v) is 10.2. The highest BCUT2D eigenvalue weighted by atomic mass is 15.0. The summed E-state index contributed by atoms with van der Waals surface area (Å²) in [6, 6.07) is 59.8. The van der Waals surface area contributed by atoms with Gasteiger partial charge in [0.05, 0.1) is 16.6 Å². The molecule has 1 aliphatic rings.